The summed E-state index contributed by atoms with van der Waals surface area (Å²) in [7, 11) is 0. The molecule has 0 aliphatic carbocycles. The molecule has 0 aromatic carbocycles. The third-order valence-electron chi connectivity index (χ3n) is 1.95. The van der Waals surface area contributed by atoms with Crippen LogP contribution in [0.25, 0.3) is 0 Å². The van der Waals surface area contributed by atoms with Crippen LogP contribution in [0.15, 0.2) is 11.6 Å². The predicted octanol–water partition coefficient (Wildman–Crippen LogP) is 1.93. The number of hydrogen-bond acceptors (Lipinski definition) is 2. The van der Waals surface area contributed by atoms with Gasteiger partial charge in [-0.1, -0.05) is 18.9 Å². The van der Waals surface area contributed by atoms with Crippen LogP contribution in [-0.4, -0.2) is 17.6 Å². The van der Waals surface area contributed by atoms with Crippen LogP contribution >= 0.6 is 0 Å². The molecule has 0 amide bonds. The summed E-state index contributed by atoms with van der Waals surface area (Å²) in [5.41, 5.74) is 5.78. The van der Waals surface area contributed by atoms with Gasteiger partial charge in [0.1, 0.15) is 0 Å². The molecular formula is C10H19NO2. The van der Waals surface area contributed by atoms with Crippen molar-refractivity contribution in [3.05, 3.63) is 11.6 Å². The molecular weight excluding hydrogens is 166 g/mol. The highest BCUT2D eigenvalue weighted by Crippen LogP contribution is 2.05. The summed E-state index contributed by atoms with van der Waals surface area (Å²) in [4.78, 5) is 10.4. The highest BCUT2D eigenvalue weighted by atomic mass is 16.4. The standard InChI is InChI=1S/C10H19NO2/c1-9(10(12)13)7-5-3-2-4-6-8-11/h7H,2-6,8,11H2,1H3,(H,12,13). The van der Waals surface area contributed by atoms with Gasteiger partial charge in [-0.2, -0.15) is 0 Å². The van der Waals surface area contributed by atoms with Gasteiger partial charge in [0.25, 0.3) is 0 Å². The number of rotatable bonds is 7. The molecule has 0 aromatic heterocycles. The molecule has 0 aliphatic heterocycles. The van der Waals surface area contributed by atoms with E-state index in [2.05, 4.69) is 0 Å². The zero-order valence-corrected chi connectivity index (χ0v) is 8.25. The average Bonchev–Trinajstić information content (AvgIpc) is 2.10. The van der Waals surface area contributed by atoms with Crippen molar-refractivity contribution in [3.8, 4) is 0 Å². The smallest absolute Gasteiger partial charge is 0.330 e. The molecule has 0 spiro atoms. The molecule has 0 atom stereocenters. The molecule has 0 rings (SSSR count). The van der Waals surface area contributed by atoms with Gasteiger partial charge >= 0.3 is 5.97 Å². The highest BCUT2D eigenvalue weighted by Gasteiger charge is 1.97. The van der Waals surface area contributed by atoms with E-state index in [1.54, 1.807) is 13.0 Å². The van der Waals surface area contributed by atoms with Crippen LogP contribution in [0.2, 0.25) is 0 Å². The number of hydrogen-bond donors (Lipinski definition) is 2. The number of allylic oxidation sites excluding steroid dienone is 1. The maximum absolute atomic E-state index is 10.4. The first-order chi connectivity index (χ1) is 6.18. The molecule has 13 heavy (non-hydrogen) atoms. The molecule has 0 aliphatic rings. The Hall–Kier alpha value is -0.830. The van der Waals surface area contributed by atoms with E-state index in [9.17, 15) is 4.79 Å². The Balaban J connectivity index is 3.34. The average molecular weight is 185 g/mol. The van der Waals surface area contributed by atoms with Crippen LogP contribution in [0.4, 0.5) is 0 Å². The predicted molar refractivity (Wildman–Crippen MR) is 53.5 cm³/mol. The number of carboxylic acid groups (broad SMARTS) is 1. The summed E-state index contributed by atoms with van der Waals surface area (Å²) in [5, 5.41) is 8.54. The van der Waals surface area contributed by atoms with Crippen molar-refractivity contribution in [2.24, 2.45) is 5.73 Å². The second kappa shape index (κ2) is 7.80. The van der Waals surface area contributed by atoms with Gasteiger partial charge < -0.3 is 10.8 Å². The van der Waals surface area contributed by atoms with Crippen LogP contribution in [0.1, 0.15) is 39.0 Å². The number of carboxylic acids is 1. The zero-order valence-electron chi connectivity index (χ0n) is 8.25. The lowest BCUT2D eigenvalue weighted by atomic mass is 10.1. The van der Waals surface area contributed by atoms with Gasteiger partial charge in [0, 0.05) is 5.57 Å². The van der Waals surface area contributed by atoms with Crippen molar-refractivity contribution in [1.82, 2.24) is 0 Å². The minimum absolute atomic E-state index is 0.443. The third-order valence-corrected chi connectivity index (χ3v) is 1.95. The van der Waals surface area contributed by atoms with Crippen LogP contribution < -0.4 is 5.73 Å². The Kier molecular flexibility index (Phi) is 7.30. The molecule has 3 nitrogen and oxygen atoms in total. The molecule has 76 valence electrons. The fourth-order valence-electron chi connectivity index (χ4n) is 1.05. The molecule has 0 unspecified atom stereocenters. The number of aliphatic carboxylic acids is 1. The summed E-state index contributed by atoms with van der Waals surface area (Å²) < 4.78 is 0. The van der Waals surface area contributed by atoms with E-state index < -0.39 is 5.97 Å². The number of carbonyl (C=O) groups is 1. The first-order valence-electron chi connectivity index (χ1n) is 4.78. The highest BCUT2D eigenvalue weighted by molar-refractivity contribution is 5.85. The van der Waals surface area contributed by atoms with Gasteiger partial charge in [-0.15, -0.1) is 0 Å². The van der Waals surface area contributed by atoms with Gasteiger partial charge in [-0.25, -0.2) is 4.79 Å². The van der Waals surface area contributed by atoms with Crippen molar-refractivity contribution in [1.29, 1.82) is 0 Å². The van der Waals surface area contributed by atoms with Crippen LogP contribution in [-0.2, 0) is 4.79 Å². The van der Waals surface area contributed by atoms with Gasteiger partial charge in [0.15, 0.2) is 0 Å². The first-order valence-corrected chi connectivity index (χ1v) is 4.78. The lowest BCUT2D eigenvalue weighted by Crippen LogP contribution is -1.97. The largest absolute Gasteiger partial charge is 0.478 e. The minimum Gasteiger partial charge on any atom is -0.478 e. The topological polar surface area (TPSA) is 63.3 Å². The summed E-state index contributed by atoms with van der Waals surface area (Å²) in [6.45, 7) is 2.38. The summed E-state index contributed by atoms with van der Waals surface area (Å²) in [6, 6.07) is 0. The van der Waals surface area contributed by atoms with Crippen molar-refractivity contribution in [2.75, 3.05) is 6.54 Å². The van der Waals surface area contributed by atoms with E-state index in [-0.39, 0.29) is 0 Å². The second-order valence-corrected chi connectivity index (χ2v) is 3.18. The Labute approximate surface area is 79.6 Å². The lowest BCUT2D eigenvalue weighted by molar-refractivity contribution is -0.132. The minimum atomic E-state index is -0.818. The first kappa shape index (κ1) is 12.2. The quantitative estimate of drug-likeness (QED) is 0.470. The molecule has 0 saturated heterocycles. The van der Waals surface area contributed by atoms with Crippen LogP contribution in [0, 0.1) is 0 Å². The summed E-state index contributed by atoms with van der Waals surface area (Å²) in [6.07, 6.45) is 7.07. The lowest BCUT2D eigenvalue weighted by Gasteiger charge is -1.97. The van der Waals surface area contributed by atoms with Gasteiger partial charge in [-0.05, 0) is 32.7 Å². The number of unbranched alkanes of at least 4 members (excludes halogenated alkanes) is 4. The fraction of sp³-hybridized carbons (Fsp3) is 0.700. The van der Waals surface area contributed by atoms with E-state index in [0.29, 0.717) is 5.57 Å². The van der Waals surface area contributed by atoms with Gasteiger partial charge in [0.2, 0.25) is 0 Å². The molecule has 0 fully saturated rings. The molecule has 0 radical (unpaired) electrons. The van der Waals surface area contributed by atoms with Gasteiger partial charge in [0.05, 0.1) is 0 Å². The molecule has 0 saturated carbocycles. The Morgan fingerprint density at radius 3 is 2.46 bits per heavy atom. The van der Waals surface area contributed by atoms with E-state index in [1.807, 2.05) is 0 Å². The molecule has 3 N–H and O–H groups in total. The van der Waals surface area contributed by atoms with E-state index in [1.165, 1.54) is 0 Å². The van der Waals surface area contributed by atoms with E-state index in [4.69, 9.17) is 10.8 Å². The van der Waals surface area contributed by atoms with Crippen molar-refractivity contribution in [2.45, 2.75) is 39.0 Å². The van der Waals surface area contributed by atoms with Crippen molar-refractivity contribution < 1.29 is 9.90 Å². The Morgan fingerprint density at radius 1 is 1.31 bits per heavy atom. The normalized spacial score (nSPS) is 11.7. The SMILES string of the molecule is CC(=CCCCCCCN)C(=O)O. The maximum Gasteiger partial charge on any atom is 0.330 e. The van der Waals surface area contributed by atoms with Crippen LogP contribution in [0.5, 0.6) is 0 Å². The summed E-state index contributed by atoms with van der Waals surface area (Å²) >= 11 is 0. The monoisotopic (exact) mass is 185 g/mol. The van der Waals surface area contributed by atoms with E-state index >= 15 is 0 Å². The molecule has 0 aromatic rings. The Bertz CT molecular complexity index is 176. The molecule has 3 heteroatoms. The van der Waals surface area contributed by atoms with Crippen molar-refractivity contribution >= 4 is 5.97 Å². The number of nitrogens with two attached hydrogens (primary N) is 1. The van der Waals surface area contributed by atoms with Gasteiger partial charge in [-0.3, -0.25) is 0 Å². The van der Waals surface area contributed by atoms with Crippen molar-refractivity contribution in [3.63, 3.8) is 0 Å². The fourth-order valence-corrected chi connectivity index (χ4v) is 1.05. The molecule has 0 heterocycles. The molecule has 0 bridgehead atoms. The van der Waals surface area contributed by atoms with Crippen LogP contribution in [0.3, 0.4) is 0 Å². The third kappa shape index (κ3) is 7.53. The van der Waals surface area contributed by atoms with E-state index in [0.717, 1.165) is 38.6 Å². The maximum atomic E-state index is 10.4. The second-order valence-electron chi connectivity index (χ2n) is 3.18. The summed E-state index contributed by atoms with van der Waals surface area (Å²) in [5.74, 6) is -0.818. The zero-order chi connectivity index (χ0) is 10.1. The Morgan fingerprint density at radius 2 is 1.92 bits per heavy atom.